The van der Waals surface area contributed by atoms with Crippen LogP contribution in [0.2, 0.25) is 0 Å². The number of carbonyl (C=O) groups is 2. The molecule has 136 valence electrons. The summed E-state index contributed by atoms with van der Waals surface area (Å²) in [5.74, 6) is -0.0866. The lowest BCUT2D eigenvalue weighted by atomic mass is 10.0. The van der Waals surface area contributed by atoms with Gasteiger partial charge in [0, 0.05) is 31.7 Å². The Kier molecular flexibility index (Phi) is 6.02. The number of hydrogen-bond acceptors (Lipinski definition) is 3. The van der Waals surface area contributed by atoms with Crippen molar-refractivity contribution < 1.29 is 9.59 Å². The zero-order chi connectivity index (χ0) is 18.4. The SMILES string of the molecule is Cc1ccc(C(=O)NC(CC(=O)N2CCNCC2)c2ccccc2)cc1. The van der Waals surface area contributed by atoms with Gasteiger partial charge >= 0.3 is 0 Å². The van der Waals surface area contributed by atoms with Crippen molar-refractivity contribution in [1.29, 1.82) is 0 Å². The highest BCUT2D eigenvalue weighted by Gasteiger charge is 2.23. The molecular weight excluding hydrogens is 326 g/mol. The Morgan fingerprint density at radius 1 is 1.04 bits per heavy atom. The molecule has 0 radical (unpaired) electrons. The first-order chi connectivity index (χ1) is 12.6. The summed E-state index contributed by atoms with van der Waals surface area (Å²) in [4.78, 5) is 27.2. The van der Waals surface area contributed by atoms with E-state index in [0.29, 0.717) is 18.7 Å². The van der Waals surface area contributed by atoms with E-state index in [1.165, 1.54) is 0 Å². The van der Waals surface area contributed by atoms with E-state index in [1.807, 2.05) is 66.4 Å². The molecule has 2 amide bonds. The van der Waals surface area contributed by atoms with E-state index in [9.17, 15) is 9.59 Å². The predicted octanol–water partition coefficient (Wildman–Crippen LogP) is 2.29. The molecular formula is C21H25N3O2. The number of piperazine rings is 1. The Hall–Kier alpha value is -2.66. The molecule has 2 N–H and O–H groups in total. The van der Waals surface area contributed by atoms with Gasteiger partial charge in [0.2, 0.25) is 5.91 Å². The van der Waals surface area contributed by atoms with Gasteiger partial charge in [-0.2, -0.15) is 0 Å². The monoisotopic (exact) mass is 351 g/mol. The van der Waals surface area contributed by atoms with E-state index in [2.05, 4.69) is 10.6 Å². The molecule has 0 bridgehead atoms. The van der Waals surface area contributed by atoms with Crippen LogP contribution in [0.15, 0.2) is 54.6 Å². The third-order valence-electron chi connectivity index (χ3n) is 4.67. The van der Waals surface area contributed by atoms with Crippen LogP contribution in [0, 0.1) is 6.92 Å². The number of carbonyl (C=O) groups excluding carboxylic acids is 2. The van der Waals surface area contributed by atoms with Gasteiger partial charge in [-0.25, -0.2) is 0 Å². The van der Waals surface area contributed by atoms with Crippen LogP contribution in [-0.4, -0.2) is 42.9 Å². The minimum Gasteiger partial charge on any atom is -0.345 e. The zero-order valence-corrected chi connectivity index (χ0v) is 15.1. The van der Waals surface area contributed by atoms with Gasteiger partial charge in [0.1, 0.15) is 0 Å². The summed E-state index contributed by atoms with van der Waals surface area (Å²) in [5.41, 5.74) is 2.65. The van der Waals surface area contributed by atoms with E-state index in [-0.39, 0.29) is 24.3 Å². The predicted molar refractivity (Wildman–Crippen MR) is 102 cm³/mol. The van der Waals surface area contributed by atoms with Gasteiger partial charge in [0.15, 0.2) is 0 Å². The Morgan fingerprint density at radius 2 is 1.69 bits per heavy atom. The minimum absolute atomic E-state index is 0.0737. The summed E-state index contributed by atoms with van der Waals surface area (Å²) in [7, 11) is 0. The second kappa shape index (κ2) is 8.63. The number of hydrogen-bond donors (Lipinski definition) is 2. The molecule has 26 heavy (non-hydrogen) atoms. The van der Waals surface area contributed by atoms with E-state index >= 15 is 0 Å². The number of benzene rings is 2. The lowest BCUT2D eigenvalue weighted by molar-refractivity contribution is -0.132. The van der Waals surface area contributed by atoms with Crippen molar-refractivity contribution in [3.8, 4) is 0 Å². The van der Waals surface area contributed by atoms with Crippen molar-refractivity contribution >= 4 is 11.8 Å². The summed E-state index contributed by atoms with van der Waals surface area (Å²) in [6.07, 6.45) is 0.265. The van der Waals surface area contributed by atoms with Gasteiger partial charge in [-0.15, -0.1) is 0 Å². The normalized spacial score (nSPS) is 15.3. The van der Waals surface area contributed by atoms with E-state index in [1.54, 1.807) is 0 Å². The molecule has 2 aromatic carbocycles. The van der Waals surface area contributed by atoms with Gasteiger partial charge < -0.3 is 15.5 Å². The third-order valence-corrected chi connectivity index (χ3v) is 4.67. The summed E-state index contributed by atoms with van der Waals surface area (Å²) in [6, 6.07) is 16.8. The number of aryl methyl sites for hydroxylation is 1. The van der Waals surface area contributed by atoms with Gasteiger partial charge in [-0.05, 0) is 24.6 Å². The highest BCUT2D eigenvalue weighted by molar-refractivity contribution is 5.94. The molecule has 2 aromatic rings. The van der Waals surface area contributed by atoms with Crippen LogP contribution in [-0.2, 0) is 4.79 Å². The first kappa shape index (κ1) is 18.1. The van der Waals surface area contributed by atoms with Crippen molar-refractivity contribution in [3.05, 3.63) is 71.3 Å². The highest BCUT2D eigenvalue weighted by atomic mass is 16.2. The number of nitrogens with zero attached hydrogens (tertiary/aromatic N) is 1. The molecule has 0 spiro atoms. The molecule has 1 saturated heterocycles. The minimum atomic E-state index is -0.340. The molecule has 1 aliphatic heterocycles. The van der Waals surface area contributed by atoms with Gasteiger partial charge in [-0.1, -0.05) is 48.0 Å². The summed E-state index contributed by atoms with van der Waals surface area (Å²) >= 11 is 0. The fourth-order valence-corrected chi connectivity index (χ4v) is 3.10. The first-order valence-electron chi connectivity index (χ1n) is 9.04. The summed E-state index contributed by atoms with van der Waals surface area (Å²) in [6.45, 7) is 5.05. The molecule has 1 unspecified atom stereocenters. The highest BCUT2D eigenvalue weighted by Crippen LogP contribution is 2.19. The molecule has 5 nitrogen and oxygen atoms in total. The van der Waals surface area contributed by atoms with Gasteiger partial charge in [0.25, 0.3) is 5.91 Å². The first-order valence-corrected chi connectivity index (χ1v) is 9.04. The molecule has 0 saturated carbocycles. The molecule has 1 aliphatic rings. The Bertz CT molecular complexity index is 738. The molecule has 0 aliphatic carbocycles. The molecule has 1 heterocycles. The van der Waals surface area contributed by atoms with Crippen molar-refractivity contribution in [1.82, 2.24) is 15.5 Å². The van der Waals surface area contributed by atoms with Crippen molar-refractivity contribution in [2.75, 3.05) is 26.2 Å². The van der Waals surface area contributed by atoms with Gasteiger partial charge in [-0.3, -0.25) is 9.59 Å². The molecule has 3 rings (SSSR count). The van der Waals surface area contributed by atoms with Gasteiger partial charge in [0.05, 0.1) is 12.5 Å². The Morgan fingerprint density at radius 3 is 2.35 bits per heavy atom. The zero-order valence-electron chi connectivity index (χ0n) is 15.1. The van der Waals surface area contributed by atoms with Crippen LogP contribution < -0.4 is 10.6 Å². The smallest absolute Gasteiger partial charge is 0.251 e. The van der Waals surface area contributed by atoms with Crippen LogP contribution in [0.3, 0.4) is 0 Å². The topological polar surface area (TPSA) is 61.4 Å². The standard InChI is InChI=1S/C21H25N3O2/c1-16-7-9-18(10-8-16)21(26)23-19(17-5-3-2-4-6-17)15-20(25)24-13-11-22-12-14-24/h2-10,19,22H,11-15H2,1H3,(H,23,26). The second-order valence-corrected chi connectivity index (χ2v) is 6.64. The summed E-state index contributed by atoms with van der Waals surface area (Å²) in [5, 5.41) is 6.29. The lowest BCUT2D eigenvalue weighted by Gasteiger charge is -2.29. The maximum atomic E-state index is 12.7. The molecule has 5 heteroatoms. The van der Waals surface area contributed by atoms with E-state index in [4.69, 9.17) is 0 Å². The Balaban J connectivity index is 1.74. The molecule has 1 fully saturated rings. The quantitative estimate of drug-likeness (QED) is 0.869. The number of rotatable bonds is 5. The van der Waals surface area contributed by atoms with Crippen molar-refractivity contribution in [2.45, 2.75) is 19.4 Å². The van der Waals surface area contributed by atoms with Crippen molar-refractivity contribution in [3.63, 3.8) is 0 Å². The van der Waals surface area contributed by atoms with Crippen LogP contribution in [0.1, 0.15) is 33.9 Å². The van der Waals surface area contributed by atoms with Crippen molar-refractivity contribution in [2.24, 2.45) is 0 Å². The van der Waals surface area contributed by atoms with Crippen LogP contribution in [0.5, 0.6) is 0 Å². The molecule has 1 atom stereocenters. The maximum Gasteiger partial charge on any atom is 0.251 e. The maximum absolute atomic E-state index is 12.7. The van der Waals surface area contributed by atoms with E-state index in [0.717, 1.165) is 24.2 Å². The Labute approximate surface area is 154 Å². The average molecular weight is 351 g/mol. The lowest BCUT2D eigenvalue weighted by Crippen LogP contribution is -2.47. The van der Waals surface area contributed by atoms with Crippen LogP contribution in [0.4, 0.5) is 0 Å². The van der Waals surface area contributed by atoms with Crippen LogP contribution >= 0.6 is 0 Å². The fourth-order valence-electron chi connectivity index (χ4n) is 3.10. The fraction of sp³-hybridized carbons (Fsp3) is 0.333. The number of nitrogens with one attached hydrogen (secondary N) is 2. The average Bonchev–Trinajstić information content (AvgIpc) is 2.69. The van der Waals surface area contributed by atoms with Crippen LogP contribution in [0.25, 0.3) is 0 Å². The third kappa shape index (κ3) is 4.70. The largest absolute Gasteiger partial charge is 0.345 e. The molecule has 0 aromatic heterocycles. The second-order valence-electron chi connectivity index (χ2n) is 6.64. The number of amides is 2. The van der Waals surface area contributed by atoms with E-state index < -0.39 is 0 Å². The summed E-state index contributed by atoms with van der Waals surface area (Å²) < 4.78 is 0.